The van der Waals surface area contributed by atoms with Crippen molar-refractivity contribution in [2.24, 2.45) is 5.92 Å². The molecule has 1 fully saturated rings. The van der Waals surface area contributed by atoms with Crippen molar-refractivity contribution in [2.75, 3.05) is 19.6 Å². The van der Waals surface area contributed by atoms with E-state index in [2.05, 4.69) is 5.32 Å². The maximum Gasteiger partial charge on any atom is 0.406 e. The highest BCUT2D eigenvalue weighted by atomic mass is 19.4. The molecule has 0 radical (unpaired) electrons. The van der Waals surface area contributed by atoms with Crippen LogP contribution in [0.4, 0.5) is 13.2 Å². The van der Waals surface area contributed by atoms with Gasteiger partial charge in [-0.25, -0.2) is 0 Å². The van der Waals surface area contributed by atoms with Crippen molar-refractivity contribution in [3.05, 3.63) is 24.2 Å². The van der Waals surface area contributed by atoms with Crippen LogP contribution in [0.1, 0.15) is 25.0 Å². The summed E-state index contributed by atoms with van der Waals surface area (Å²) < 4.78 is 42.8. The van der Waals surface area contributed by atoms with Crippen LogP contribution < -0.4 is 5.32 Å². The quantitative estimate of drug-likeness (QED) is 0.878. The number of nitrogens with one attached hydrogen (secondary N) is 1. The van der Waals surface area contributed by atoms with Crippen molar-refractivity contribution >= 4 is 5.91 Å². The molecule has 118 valence electrons. The highest BCUT2D eigenvalue weighted by Gasteiger charge is 2.33. The second-order valence-corrected chi connectivity index (χ2v) is 5.34. The first-order chi connectivity index (χ1) is 9.94. The molecule has 1 N–H and O–H groups in total. The zero-order valence-electron chi connectivity index (χ0n) is 11.7. The molecule has 1 aliphatic rings. The molecule has 0 bridgehead atoms. The van der Waals surface area contributed by atoms with Gasteiger partial charge >= 0.3 is 6.18 Å². The lowest BCUT2D eigenvalue weighted by molar-refractivity contribution is -0.163. The summed E-state index contributed by atoms with van der Waals surface area (Å²) in [5, 5.41) is 3.18. The molecule has 1 saturated heterocycles. The normalized spacial score (nSPS) is 18.9. The molecule has 0 spiro atoms. The second-order valence-electron chi connectivity index (χ2n) is 5.34. The minimum atomic E-state index is -4.41. The molecule has 21 heavy (non-hydrogen) atoms. The summed E-state index contributed by atoms with van der Waals surface area (Å²) in [6.45, 7) is 0.367. The Bertz CT molecular complexity index is 440. The van der Waals surface area contributed by atoms with Crippen LogP contribution in [0, 0.1) is 5.92 Å². The number of amides is 1. The molecule has 1 atom stereocenters. The number of rotatable bonds is 6. The SMILES string of the molecule is O=C(CCC1CCNC1)N(Cc1ccco1)CC(F)(F)F. The molecule has 0 saturated carbocycles. The zero-order valence-corrected chi connectivity index (χ0v) is 11.7. The van der Waals surface area contributed by atoms with Crippen LogP contribution in [-0.4, -0.2) is 36.6 Å². The number of nitrogens with zero attached hydrogens (tertiary/aromatic N) is 1. The lowest BCUT2D eigenvalue weighted by Gasteiger charge is -2.23. The zero-order chi connectivity index (χ0) is 15.3. The molecule has 1 amide bonds. The first-order valence-electron chi connectivity index (χ1n) is 7.01. The summed E-state index contributed by atoms with van der Waals surface area (Å²) in [5.74, 6) is 0.260. The Morgan fingerprint density at radius 1 is 1.48 bits per heavy atom. The van der Waals surface area contributed by atoms with Crippen molar-refractivity contribution in [2.45, 2.75) is 32.0 Å². The summed E-state index contributed by atoms with van der Waals surface area (Å²) in [7, 11) is 0. The van der Waals surface area contributed by atoms with Gasteiger partial charge in [-0.1, -0.05) is 0 Å². The maximum atomic E-state index is 12.6. The van der Waals surface area contributed by atoms with E-state index in [0.717, 1.165) is 24.4 Å². The van der Waals surface area contributed by atoms with E-state index in [1.807, 2.05) is 0 Å². The number of hydrogen-bond donors (Lipinski definition) is 1. The minimum Gasteiger partial charge on any atom is -0.467 e. The average Bonchev–Trinajstić information content (AvgIpc) is 3.06. The summed E-state index contributed by atoms with van der Waals surface area (Å²) in [5.41, 5.74) is 0. The fourth-order valence-electron chi connectivity index (χ4n) is 2.49. The third-order valence-electron chi connectivity index (χ3n) is 3.58. The third-order valence-corrected chi connectivity index (χ3v) is 3.58. The largest absolute Gasteiger partial charge is 0.467 e. The Balaban J connectivity index is 1.91. The topological polar surface area (TPSA) is 45.5 Å². The van der Waals surface area contributed by atoms with Crippen LogP contribution in [0.15, 0.2) is 22.8 Å². The number of hydrogen-bond acceptors (Lipinski definition) is 3. The Labute approximate surface area is 121 Å². The summed E-state index contributed by atoms with van der Waals surface area (Å²) in [4.78, 5) is 12.9. The van der Waals surface area contributed by atoms with Crippen LogP contribution in [0.2, 0.25) is 0 Å². The molecule has 0 aromatic carbocycles. The molecular formula is C14H19F3N2O2. The third kappa shape index (κ3) is 5.41. The van der Waals surface area contributed by atoms with Crippen LogP contribution in [0.3, 0.4) is 0 Å². The van der Waals surface area contributed by atoms with Crippen LogP contribution in [0.25, 0.3) is 0 Å². The first-order valence-corrected chi connectivity index (χ1v) is 7.01. The smallest absolute Gasteiger partial charge is 0.406 e. The van der Waals surface area contributed by atoms with Crippen molar-refractivity contribution in [1.82, 2.24) is 10.2 Å². The summed E-state index contributed by atoms with van der Waals surface area (Å²) in [6, 6.07) is 3.16. The Hall–Kier alpha value is -1.50. The number of alkyl halides is 3. The molecule has 2 heterocycles. The van der Waals surface area contributed by atoms with E-state index < -0.39 is 18.6 Å². The van der Waals surface area contributed by atoms with E-state index in [1.165, 1.54) is 6.26 Å². The fourth-order valence-corrected chi connectivity index (χ4v) is 2.49. The molecule has 1 unspecified atom stereocenters. The highest BCUT2D eigenvalue weighted by molar-refractivity contribution is 5.76. The van der Waals surface area contributed by atoms with Gasteiger partial charge in [0.1, 0.15) is 12.3 Å². The van der Waals surface area contributed by atoms with E-state index in [4.69, 9.17) is 4.42 Å². The Morgan fingerprint density at radius 3 is 2.86 bits per heavy atom. The number of carbonyl (C=O) groups excluding carboxylic acids is 1. The van der Waals surface area contributed by atoms with Gasteiger partial charge < -0.3 is 14.6 Å². The average molecular weight is 304 g/mol. The van der Waals surface area contributed by atoms with Crippen LogP contribution in [-0.2, 0) is 11.3 Å². The standard InChI is InChI=1S/C14H19F3N2O2/c15-14(16,17)10-19(9-12-2-1-7-21-12)13(20)4-3-11-5-6-18-8-11/h1-2,7,11,18H,3-6,8-10H2. The van der Waals surface area contributed by atoms with E-state index >= 15 is 0 Å². The Morgan fingerprint density at radius 2 is 2.29 bits per heavy atom. The predicted octanol–water partition coefficient (Wildman–Crippen LogP) is 2.56. The molecule has 4 nitrogen and oxygen atoms in total. The van der Waals surface area contributed by atoms with Gasteiger partial charge in [-0.2, -0.15) is 13.2 Å². The van der Waals surface area contributed by atoms with Gasteiger partial charge in [0.2, 0.25) is 5.91 Å². The number of halogens is 3. The van der Waals surface area contributed by atoms with E-state index in [1.54, 1.807) is 12.1 Å². The van der Waals surface area contributed by atoms with Crippen molar-refractivity contribution in [3.8, 4) is 0 Å². The van der Waals surface area contributed by atoms with E-state index in [-0.39, 0.29) is 13.0 Å². The summed E-state index contributed by atoms with van der Waals surface area (Å²) >= 11 is 0. The first kappa shape index (κ1) is 15.9. The van der Waals surface area contributed by atoms with Gasteiger partial charge in [-0.15, -0.1) is 0 Å². The minimum absolute atomic E-state index is 0.142. The Kier molecular flexibility index (Phi) is 5.27. The molecule has 2 rings (SSSR count). The van der Waals surface area contributed by atoms with Crippen molar-refractivity contribution in [1.29, 1.82) is 0 Å². The molecule has 1 aromatic heterocycles. The maximum absolute atomic E-state index is 12.6. The van der Waals surface area contributed by atoms with E-state index in [9.17, 15) is 18.0 Å². The highest BCUT2D eigenvalue weighted by Crippen LogP contribution is 2.21. The van der Waals surface area contributed by atoms with Gasteiger partial charge in [0, 0.05) is 6.42 Å². The lowest BCUT2D eigenvalue weighted by atomic mass is 10.0. The molecule has 1 aliphatic heterocycles. The van der Waals surface area contributed by atoms with Gasteiger partial charge in [0.15, 0.2) is 0 Å². The number of furan rings is 1. The fraction of sp³-hybridized carbons (Fsp3) is 0.643. The summed E-state index contributed by atoms with van der Waals surface area (Å²) in [6.07, 6.45) is -1.28. The molecule has 1 aromatic rings. The van der Waals surface area contributed by atoms with Gasteiger partial charge in [-0.3, -0.25) is 4.79 Å². The van der Waals surface area contributed by atoms with Crippen LogP contribution >= 0.6 is 0 Å². The van der Waals surface area contributed by atoms with Gasteiger partial charge in [0.25, 0.3) is 0 Å². The number of carbonyl (C=O) groups is 1. The van der Waals surface area contributed by atoms with Crippen molar-refractivity contribution < 1.29 is 22.4 Å². The molecular weight excluding hydrogens is 285 g/mol. The molecule has 7 heteroatoms. The van der Waals surface area contributed by atoms with Crippen LogP contribution in [0.5, 0.6) is 0 Å². The molecule has 0 aliphatic carbocycles. The van der Waals surface area contributed by atoms with Gasteiger partial charge in [-0.05, 0) is 44.0 Å². The lowest BCUT2D eigenvalue weighted by Crippen LogP contribution is -2.38. The van der Waals surface area contributed by atoms with Gasteiger partial charge in [0.05, 0.1) is 12.8 Å². The predicted molar refractivity (Wildman–Crippen MR) is 70.4 cm³/mol. The van der Waals surface area contributed by atoms with Crippen molar-refractivity contribution in [3.63, 3.8) is 0 Å². The second kappa shape index (κ2) is 6.98. The monoisotopic (exact) mass is 304 g/mol. The van der Waals surface area contributed by atoms with E-state index in [0.29, 0.717) is 18.1 Å².